The Labute approximate surface area is 387 Å². The predicted molar refractivity (Wildman–Crippen MR) is 254 cm³/mol. The maximum Gasteiger partial charge on any atom is 0.264 e. The summed E-state index contributed by atoms with van der Waals surface area (Å²) in [5, 5.41) is 14.5. The van der Waals surface area contributed by atoms with E-state index in [1.807, 2.05) is 174 Å². The van der Waals surface area contributed by atoms with Crippen molar-refractivity contribution < 1.29 is 38.4 Å². The highest BCUT2D eigenvalue weighted by molar-refractivity contribution is 6.51. The number of fused-ring (bicyclic) bond motifs is 8. The fourth-order valence-electron chi connectivity index (χ4n) is 9.88. The highest BCUT2D eigenvalue weighted by Crippen LogP contribution is 2.49. The molecule has 0 spiro atoms. The molecular weight excluding hydrogens is 843 g/mol. The first kappa shape index (κ1) is 42.7. The van der Waals surface area contributed by atoms with Crippen molar-refractivity contribution >= 4 is 44.8 Å². The molecular formula is C56H49N3O8. The number of benzene rings is 6. The quantitative estimate of drug-likeness (QED) is 0.0978. The van der Waals surface area contributed by atoms with Gasteiger partial charge in [-0.3, -0.25) is 9.59 Å². The number of aromatic nitrogens is 2. The number of rotatable bonds is 15. The molecule has 8 aromatic rings. The fraction of sp³-hybridized carbons (Fsp3) is 0.214. The van der Waals surface area contributed by atoms with Crippen LogP contribution in [0.2, 0.25) is 0 Å². The van der Waals surface area contributed by atoms with Gasteiger partial charge in [-0.05, 0) is 34.4 Å². The van der Waals surface area contributed by atoms with Crippen molar-refractivity contribution in [3.05, 3.63) is 215 Å². The second-order valence-electron chi connectivity index (χ2n) is 17.2. The highest BCUT2D eigenvalue weighted by atomic mass is 16.6. The third kappa shape index (κ3) is 8.20. The van der Waals surface area contributed by atoms with Gasteiger partial charge in [-0.25, -0.2) is 4.90 Å². The zero-order valence-corrected chi connectivity index (χ0v) is 36.7. The van der Waals surface area contributed by atoms with Crippen LogP contribution in [0.5, 0.6) is 0 Å². The molecule has 1 saturated heterocycles. The molecule has 1 fully saturated rings. The minimum atomic E-state index is -1.28. The monoisotopic (exact) mass is 891 g/mol. The molecule has 1 aliphatic carbocycles. The van der Waals surface area contributed by atoms with Crippen molar-refractivity contribution in [3.8, 4) is 0 Å². The van der Waals surface area contributed by atoms with Gasteiger partial charge < -0.3 is 38.3 Å². The van der Waals surface area contributed by atoms with Crippen molar-refractivity contribution in [2.24, 2.45) is 0 Å². The fourth-order valence-corrected chi connectivity index (χ4v) is 9.88. The number of nitrogens with zero attached hydrogens (tertiary/aromatic N) is 2. The molecule has 0 radical (unpaired) electrons. The first-order valence-electron chi connectivity index (χ1n) is 22.7. The van der Waals surface area contributed by atoms with Crippen molar-refractivity contribution in [3.63, 3.8) is 0 Å². The number of H-pyrrole nitrogens is 1. The molecule has 11 heteroatoms. The Morgan fingerprint density at radius 2 is 1.07 bits per heavy atom. The van der Waals surface area contributed by atoms with Crippen LogP contribution in [0.1, 0.15) is 51.0 Å². The van der Waals surface area contributed by atoms with Gasteiger partial charge in [0.2, 0.25) is 0 Å². The highest BCUT2D eigenvalue weighted by Gasteiger charge is 2.51. The van der Waals surface area contributed by atoms with E-state index in [9.17, 15) is 9.90 Å². The van der Waals surface area contributed by atoms with Gasteiger partial charge in [0, 0.05) is 45.2 Å². The number of aromatic amines is 1. The largest absolute Gasteiger partial charge is 0.386 e. The molecule has 2 aromatic heterocycles. The van der Waals surface area contributed by atoms with Gasteiger partial charge >= 0.3 is 0 Å². The summed E-state index contributed by atoms with van der Waals surface area (Å²) in [7, 11) is 0. The Morgan fingerprint density at radius 1 is 0.567 bits per heavy atom. The summed E-state index contributed by atoms with van der Waals surface area (Å²) < 4.78 is 35.3. The van der Waals surface area contributed by atoms with Crippen molar-refractivity contribution in [2.45, 2.75) is 63.5 Å². The van der Waals surface area contributed by atoms with Crippen LogP contribution in [-0.2, 0) is 66.1 Å². The Hall–Kier alpha value is -6.96. The number of para-hydroxylation sites is 2. The first-order chi connectivity index (χ1) is 33.0. The lowest BCUT2D eigenvalue weighted by Gasteiger charge is -2.45. The Kier molecular flexibility index (Phi) is 11.9. The summed E-state index contributed by atoms with van der Waals surface area (Å²) in [5.41, 5.74) is 8.73. The molecule has 5 atom stereocenters. The number of imide groups is 1. The molecule has 3 aliphatic rings. The Balaban J connectivity index is 1.03. The molecule has 2 amide bonds. The normalized spacial score (nSPS) is 20.3. The van der Waals surface area contributed by atoms with Crippen LogP contribution < -0.4 is 0 Å². The van der Waals surface area contributed by atoms with Gasteiger partial charge in [0.15, 0.2) is 6.23 Å². The summed E-state index contributed by atoms with van der Waals surface area (Å²) >= 11 is 0. The third-order valence-corrected chi connectivity index (χ3v) is 13.0. The molecule has 4 heterocycles. The second kappa shape index (κ2) is 18.7. The SMILES string of the molecule is O=C1C2=C(C(=O)N1COCc1ccccc1)c1c(n(C3O[C@H](COCc4ccccc4)[C@@H](OCc4ccccc4)[C@H](OCc4ccccc4)[C@H]3O)c3ccccc13)Cc1[nH]c3ccccc3c12. The van der Waals surface area contributed by atoms with Gasteiger partial charge in [0.25, 0.3) is 11.8 Å². The molecule has 67 heavy (non-hydrogen) atoms. The van der Waals surface area contributed by atoms with Crippen LogP contribution in [0, 0.1) is 0 Å². The summed E-state index contributed by atoms with van der Waals surface area (Å²) in [6.07, 6.45) is -4.44. The lowest BCUT2D eigenvalue weighted by atomic mass is 9.95. The van der Waals surface area contributed by atoms with Gasteiger partial charge in [0.05, 0.1) is 49.7 Å². The van der Waals surface area contributed by atoms with Crippen molar-refractivity contribution in [1.29, 1.82) is 0 Å². The van der Waals surface area contributed by atoms with E-state index in [0.29, 0.717) is 29.0 Å². The van der Waals surface area contributed by atoms with Gasteiger partial charge in [-0.2, -0.15) is 0 Å². The number of carbonyl (C=O) groups excluding carboxylic acids is 2. The maximum atomic E-state index is 15.1. The molecule has 6 aromatic carbocycles. The molecule has 2 aliphatic heterocycles. The van der Waals surface area contributed by atoms with E-state index in [4.69, 9.17) is 23.7 Å². The van der Waals surface area contributed by atoms with Gasteiger partial charge in [-0.1, -0.05) is 158 Å². The van der Waals surface area contributed by atoms with E-state index in [-0.39, 0.29) is 45.2 Å². The average Bonchev–Trinajstić information content (AvgIpc) is 3.93. The zero-order chi connectivity index (χ0) is 45.3. The Bertz CT molecular complexity index is 3080. The number of ether oxygens (including phenoxy) is 5. The number of hydrogen-bond acceptors (Lipinski definition) is 8. The van der Waals surface area contributed by atoms with E-state index in [0.717, 1.165) is 49.8 Å². The van der Waals surface area contributed by atoms with E-state index in [1.165, 1.54) is 4.90 Å². The molecule has 11 nitrogen and oxygen atoms in total. The molecule has 11 rings (SSSR count). The molecule has 336 valence electrons. The average molecular weight is 892 g/mol. The molecule has 0 saturated carbocycles. The second-order valence-corrected chi connectivity index (χ2v) is 17.2. The van der Waals surface area contributed by atoms with E-state index in [1.54, 1.807) is 0 Å². The smallest absolute Gasteiger partial charge is 0.264 e. The van der Waals surface area contributed by atoms with Gasteiger partial charge in [0.1, 0.15) is 31.1 Å². The number of aliphatic hydroxyl groups excluding tert-OH is 1. The van der Waals surface area contributed by atoms with E-state index >= 15 is 4.79 Å². The minimum Gasteiger partial charge on any atom is -0.386 e. The third-order valence-electron chi connectivity index (χ3n) is 13.0. The molecule has 0 bridgehead atoms. The maximum absolute atomic E-state index is 15.1. The van der Waals surface area contributed by atoms with Crippen LogP contribution >= 0.6 is 0 Å². The molecule has 2 N–H and O–H groups in total. The topological polar surface area (TPSA) is 124 Å². The minimum absolute atomic E-state index is 0.122. The number of hydrogen-bond donors (Lipinski definition) is 2. The van der Waals surface area contributed by atoms with Crippen molar-refractivity contribution in [2.75, 3.05) is 13.3 Å². The van der Waals surface area contributed by atoms with Crippen LogP contribution in [0.15, 0.2) is 170 Å². The number of aliphatic hydroxyl groups is 1. The van der Waals surface area contributed by atoms with Crippen LogP contribution in [0.25, 0.3) is 33.0 Å². The van der Waals surface area contributed by atoms with Crippen LogP contribution in [0.3, 0.4) is 0 Å². The lowest BCUT2D eigenvalue weighted by molar-refractivity contribution is -0.278. The Morgan fingerprint density at radius 3 is 1.70 bits per heavy atom. The van der Waals surface area contributed by atoms with Crippen molar-refractivity contribution in [1.82, 2.24) is 14.5 Å². The lowest BCUT2D eigenvalue weighted by Crippen LogP contribution is -2.58. The summed E-state index contributed by atoms with van der Waals surface area (Å²) in [6.45, 7) is 0.898. The molecule has 1 unspecified atom stereocenters. The van der Waals surface area contributed by atoms with E-state index < -0.39 is 42.5 Å². The summed E-state index contributed by atoms with van der Waals surface area (Å²) in [4.78, 5) is 34.8. The van der Waals surface area contributed by atoms with Crippen LogP contribution in [0.4, 0.5) is 0 Å². The number of carbonyl (C=O) groups is 2. The summed E-state index contributed by atoms with van der Waals surface area (Å²) in [5.74, 6) is -0.882. The standard InChI is InChI=1S/C56H49N3O8/c60-51-53(66-33-39-23-11-4-12-24-39)52(65-32-38-21-9-3-10-22-38)46(34-63-30-36-17-5-1-6-18-36)67-56(51)59-44-28-16-14-26-41(44)48-45(59)29-43-47(40-25-13-15-27-42(40)57-43)49-50(48)55(62)58(54(49)61)35-64-31-37-19-7-2-8-20-37/h1-28,46,51-53,56-57,60H,29-35H2/t46-,51-,52-,53-,56?/m1/s1. The summed E-state index contributed by atoms with van der Waals surface area (Å²) in [6, 6.07) is 54.9. The number of nitrogens with one attached hydrogen (secondary N) is 1. The first-order valence-corrected chi connectivity index (χ1v) is 22.7. The zero-order valence-electron chi connectivity index (χ0n) is 36.7. The number of amides is 2. The van der Waals surface area contributed by atoms with Gasteiger partial charge in [-0.15, -0.1) is 0 Å². The predicted octanol–water partition coefficient (Wildman–Crippen LogP) is 9.13. The van der Waals surface area contributed by atoms with E-state index in [2.05, 4.69) is 4.98 Å². The van der Waals surface area contributed by atoms with Crippen LogP contribution in [-0.4, -0.2) is 69.1 Å².